The lowest BCUT2D eigenvalue weighted by Crippen LogP contribution is -2.49. The molecule has 2 unspecified atom stereocenters. The molecule has 1 aliphatic heterocycles. The van der Waals surface area contributed by atoms with Crippen molar-refractivity contribution in [2.24, 2.45) is 11.1 Å². The van der Waals surface area contributed by atoms with Crippen LogP contribution in [0.5, 0.6) is 0 Å². The molecule has 1 aliphatic carbocycles. The van der Waals surface area contributed by atoms with Crippen LogP contribution in [0.2, 0.25) is 0 Å². The van der Waals surface area contributed by atoms with Gasteiger partial charge < -0.3 is 10.5 Å². The highest BCUT2D eigenvalue weighted by Crippen LogP contribution is 2.43. The molecule has 0 aromatic carbocycles. The molecule has 0 radical (unpaired) electrons. The van der Waals surface area contributed by atoms with Gasteiger partial charge in [-0.25, -0.2) is 0 Å². The lowest BCUT2D eigenvalue weighted by atomic mass is 9.66. The standard InChI is InChI=1S/C13H26N2O/c1-11-9-16-12(2)8-15(11)7-6-13(10-14)4-3-5-13/h11-12H,3-10,14H2,1-2H3. The largest absolute Gasteiger partial charge is 0.376 e. The van der Waals surface area contributed by atoms with E-state index in [1.54, 1.807) is 0 Å². The van der Waals surface area contributed by atoms with E-state index in [1.165, 1.54) is 32.2 Å². The first-order chi connectivity index (χ1) is 7.65. The van der Waals surface area contributed by atoms with Crippen LogP contribution in [0.1, 0.15) is 39.5 Å². The Morgan fingerprint density at radius 2 is 2.12 bits per heavy atom. The Kier molecular flexibility index (Phi) is 3.88. The van der Waals surface area contributed by atoms with Crippen LogP contribution >= 0.6 is 0 Å². The van der Waals surface area contributed by atoms with Crippen LogP contribution in [0.4, 0.5) is 0 Å². The predicted octanol–water partition coefficient (Wildman–Crippen LogP) is 1.61. The minimum Gasteiger partial charge on any atom is -0.376 e. The van der Waals surface area contributed by atoms with Gasteiger partial charge in [0, 0.05) is 12.6 Å². The van der Waals surface area contributed by atoms with Gasteiger partial charge in [0.1, 0.15) is 0 Å². The van der Waals surface area contributed by atoms with E-state index in [9.17, 15) is 0 Å². The van der Waals surface area contributed by atoms with Crippen LogP contribution in [0.25, 0.3) is 0 Å². The summed E-state index contributed by atoms with van der Waals surface area (Å²) in [5.74, 6) is 0. The number of hydrogen-bond acceptors (Lipinski definition) is 3. The van der Waals surface area contributed by atoms with Gasteiger partial charge >= 0.3 is 0 Å². The SMILES string of the molecule is CC1CN(CCC2(CN)CCC2)C(C)CO1. The van der Waals surface area contributed by atoms with Crippen LogP contribution in [0.3, 0.4) is 0 Å². The predicted molar refractivity (Wildman–Crippen MR) is 66.4 cm³/mol. The summed E-state index contributed by atoms with van der Waals surface area (Å²) >= 11 is 0. The fourth-order valence-corrected chi connectivity index (χ4v) is 2.90. The monoisotopic (exact) mass is 226 g/mol. The molecule has 94 valence electrons. The first-order valence-corrected chi connectivity index (χ1v) is 6.71. The molecule has 3 heteroatoms. The number of ether oxygens (including phenoxy) is 1. The molecule has 3 nitrogen and oxygen atoms in total. The topological polar surface area (TPSA) is 38.5 Å². The number of nitrogens with zero attached hydrogens (tertiary/aromatic N) is 1. The van der Waals surface area contributed by atoms with Gasteiger partial charge in [-0.2, -0.15) is 0 Å². The van der Waals surface area contributed by atoms with E-state index < -0.39 is 0 Å². The Hall–Kier alpha value is -0.120. The van der Waals surface area contributed by atoms with Crippen LogP contribution in [-0.4, -0.2) is 43.3 Å². The van der Waals surface area contributed by atoms with Crippen molar-refractivity contribution in [2.75, 3.05) is 26.2 Å². The zero-order chi connectivity index (χ0) is 11.6. The van der Waals surface area contributed by atoms with Crippen molar-refractivity contribution < 1.29 is 4.74 Å². The van der Waals surface area contributed by atoms with Gasteiger partial charge in [-0.05, 0) is 51.6 Å². The van der Waals surface area contributed by atoms with Crippen molar-refractivity contribution in [2.45, 2.75) is 51.7 Å². The van der Waals surface area contributed by atoms with Crippen molar-refractivity contribution in [3.8, 4) is 0 Å². The second kappa shape index (κ2) is 5.03. The molecule has 2 aliphatic rings. The summed E-state index contributed by atoms with van der Waals surface area (Å²) in [4.78, 5) is 2.57. The minimum atomic E-state index is 0.395. The summed E-state index contributed by atoms with van der Waals surface area (Å²) in [6.07, 6.45) is 5.74. The van der Waals surface area contributed by atoms with E-state index in [4.69, 9.17) is 10.5 Å². The molecule has 0 spiro atoms. The molecule has 1 saturated carbocycles. The van der Waals surface area contributed by atoms with Gasteiger partial charge in [0.2, 0.25) is 0 Å². The number of morpholine rings is 1. The second-order valence-electron chi connectivity index (χ2n) is 5.80. The van der Waals surface area contributed by atoms with Crippen LogP contribution in [0.15, 0.2) is 0 Å². The van der Waals surface area contributed by atoms with Gasteiger partial charge in [-0.3, -0.25) is 4.90 Å². The molecular formula is C13H26N2O. The van der Waals surface area contributed by atoms with Gasteiger partial charge in [-0.1, -0.05) is 6.42 Å². The molecule has 1 saturated heterocycles. The third-order valence-electron chi connectivity index (χ3n) is 4.51. The maximum absolute atomic E-state index is 5.90. The fraction of sp³-hybridized carbons (Fsp3) is 1.00. The highest BCUT2D eigenvalue weighted by molar-refractivity contribution is 4.90. The minimum absolute atomic E-state index is 0.395. The molecule has 2 rings (SSSR count). The average molecular weight is 226 g/mol. The van der Waals surface area contributed by atoms with Gasteiger partial charge in [0.15, 0.2) is 0 Å². The zero-order valence-corrected chi connectivity index (χ0v) is 10.7. The average Bonchev–Trinajstić information content (AvgIpc) is 2.22. The van der Waals surface area contributed by atoms with E-state index >= 15 is 0 Å². The Balaban J connectivity index is 1.79. The second-order valence-corrected chi connectivity index (χ2v) is 5.80. The summed E-state index contributed by atoms with van der Waals surface area (Å²) in [6.45, 7) is 8.48. The van der Waals surface area contributed by atoms with Crippen LogP contribution < -0.4 is 5.73 Å². The van der Waals surface area contributed by atoms with Gasteiger partial charge in [-0.15, -0.1) is 0 Å². The van der Waals surface area contributed by atoms with Gasteiger partial charge in [0.05, 0.1) is 12.7 Å². The lowest BCUT2D eigenvalue weighted by molar-refractivity contribution is -0.0554. The number of hydrogen-bond donors (Lipinski definition) is 1. The Morgan fingerprint density at radius 3 is 2.69 bits per heavy atom. The summed E-state index contributed by atoms with van der Waals surface area (Å²) in [5.41, 5.74) is 6.39. The van der Waals surface area contributed by atoms with Crippen LogP contribution in [-0.2, 0) is 4.74 Å². The maximum Gasteiger partial charge on any atom is 0.0674 e. The molecule has 2 atom stereocenters. The quantitative estimate of drug-likeness (QED) is 0.791. The van der Waals surface area contributed by atoms with E-state index in [0.717, 1.165) is 19.7 Å². The van der Waals surface area contributed by atoms with Crippen molar-refractivity contribution in [1.29, 1.82) is 0 Å². The molecule has 0 aromatic heterocycles. The fourth-order valence-electron chi connectivity index (χ4n) is 2.90. The van der Waals surface area contributed by atoms with Gasteiger partial charge in [0.25, 0.3) is 0 Å². The van der Waals surface area contributed by atoms with E-state index in [0.29, 0.717) is 17.6 Å². The highest BCUT2D eigenvalue weighted by Gasteiger charge is 2.36. The Labute approximate surface area is 99.3 Å². The third-order valence-corrected chi connectivity index (χ3v) is 4.51. The van der Waals surface area contributed by atoms with Crippen molar-refractivity contribution in [1.82, 2.24) is 4.90 Å². The molecule has 0 bridgehead atoms. The summed E-state index contributed by atoms with van der Waals surface area (Å²) in [5, 5.41) is 0. The van der Waals surface area contributed by atoms with E-state index in [-0.39, 0.29) is 0 Å². The van der Waals surface area contributed by atoms with Crippen molar-refractivity contribution in [3.63, 3.8) is 0 Å². The molecule has 2 fully saturated rings. The molecule has 16 heavy (non-hydrogen) atoms. The highest BCUT2D eigenvalue weighted by atomic mass is 16.5. The molecule has 2 N–H and O–H groups in total. The smallest absolute Gasteiger partial charge is 0.0674 e. The molecule has 0 amide bonds. The van der Waals surface area contributed by atoms with Crippen molar-refractivity contribution in [3.05, 3.63) is 0 Å². The van der Waals surface area contributed by atoms with Crippen molar-refractivity contribution >= 4 is 0 Å². The number of nitrogens with two attached hydrogens (primary N) is 1. The summed E-state index contributed by atoms with van der Waals surface area (Å²) < 4.78 is 5.65. The zero-order valence-electron chi connectivity index (χ0n) is 10.7. The maximum atomic E-state index is 5.90. The van der Waals surface area contributed by atoms with E-state index in [1.807, 2.05) is 0 Å². The Morgan fingerprint density at radius 1 is 1.38 bits per heavy atom. The third kappa shape index (κ3) is 2.58. The first-order valence-electron chi connectivity index (χ1n) is 6.71. The summed E-state index contributed by atoms with van der Waals surface area (Å²) in [6, 6.07) is 0.575. The molecular weight excluding hydrogens is 200 g/mol. The van der Waals surface area contributed by atoms with Crippen LogP contribution in [0, 0.1) is 5.41 Å². The van der Waals surface area contributed by atoms with E-state index in [2.05, 4.69) is 18.7 Å². The Bertz CT molecular complexity index is 222. The molecule has 0 aromatic rings. The number of rotatable bonds is 4. The first kappa shape index (κ1) is 12.3. The lowest BCUT2D eigenvalue weighted by Gasteiger charge is -2.44. The molecule has 1 heterocycles. The normalized spacial score (nSPS) is 34.7. The summed E-state index contributed by atoms with van der Waals surface area (Å²) in [7, 11) is 0.